The lowest BCUT2D eigenvalue weighted by Crippen LogP contribution is -2.36. The minimum Gasteiger partial charge on any atom is -0.480 e. The Morgan fingerprint density at radius 1 is 1.50 bits per heavy atom. The lowest BCUT2D eigenvalue weighted by Gasteiger charge is -2.19. The highest BCUT2D eigenvalue weighted by Gasteiger charge is 2.35. The maximum absolute atomic E-state index is 12.6. The Kier molecular flexibility index (Phi) is 5.30. The van der Waals surface area contributed by atoms with E-state index in [1.54, 1.807) is 0 Å². The van der Waals surface area contributed by atoms with Crippen LogP contribution in [0.4, 0.5) is 13.2 Å². The lowest BCUT2D eigenvalue weighted by molar-refractivity contribution is -0.141. The van der Waals surface area contributed by atoms with Crippen LogP contribution in [-0.2, 0) is 21.0 Å². The van der Waals surface area contributed by atoms with Crippen LogP contribution in [0.2, 0.25) is 0 Å². The number of carboxylic acids is 1. The number of aryl methyl sites for hydroxylation is 1. The number of halogens is 3. The third-order valence-corrected chi connectivity index (χ3v) is 4.38. The number of nitrogens with zero attached hydrogens (tertiary/aromatic N) is 2. The number of rotatable bonds is 6. The van der Waals surface area contributed by atoms with Gasteiger partial charge in [0.25, 0.3) is 0 Å². The van der Waals surface area contributed by atoms with Crippen LogP contribution < -0.4 is 0 Å². The first-order valence-corrected chi connectivity index (χ1v) is 7.31. The van der Waals surface area contributed by atoms with E-state index in [2.05, 4.69) is 11.6 Å². The number of sulfonamides is 1. The molecule has 0 amide bonds. The van der Waals surface area contributed by atoms with Crippen molar-refractivity contribution in [2.45, 2.75) is 18.0 Å². The van der Waals surface area contributed by atoms with E-state index in [1.807, 2.05) is 0 Å². The molecule has 0 saturated heterocycles. The van der Waals surface area contributed by atoms with Crippen molar-refractivity contribution in [3.8, 4) is 0 Å². The van der Waals surface area contributed by atoms with Crippen molar-refractivity contribution in [1.82, 2.24) is 9.29 Å². The molecule has 0 fully saturated rings. The Morgan fingerprint density at radius 3 is 2.50 bits per heavy atom. The number of carbonyl (C=O) groups is 1. The van der Waals surface area contributed by atoms with E-state index in [-0.39, 0.29) is 12.1 Å². The molecule has 6 nitrogen and oxygen atoms in total. The maximum Gasteiger partial charge on any atom is 0.433 e. The summed E-state index contributed by atoms with van der Waals surface area (Å²) in [6.07, 6.45) is -2.97. The van der Waals surface area contributed by atoms with Gasteiger partial charge in [-0.05, 0) is 18.6 Å². The van der Waals surface area contributed by atoms with Crippen LogP contribution in [0.5, 0.6) is 0 Å². The van der Waals surface area contributed by atoms with Crippen molar-refractivity contribution in [2.24, 2.45) is 0 Å². The predicted molar refractivity (Wildman–Crippen MR) is 70.6 cm³/mol. The summed E-state index contributed by atoms with van der Waals surface area (Å²) in [5.41, 5.74) is -1.57. The SMILES string of the molecule is C=CCN(CC(=O)O)S(=O)(=O)c1cnc(C(F)(F)F)c(C)c1. The summed E-state index contributed by atoms with van der Waals surface area (Å²) in [5, 5.41) is 8.72. The van der Waals surface area contributed by atoms with Crippen molar-refractivity contribution in [1.29, 1.82) is 0 Å². The van der Waals surface area contributed by atoms with Gasteiger partial charge in [-0.1, -0.05) is 6.08 Å². The molecular formula is C12H13F3N2O4S. The summed E-state index contributed by atoms with van der Waals surface area (Å²) in [7, 11) is -4.29. The molecule has 1 heterocycles. The van der Waals surface area contributed by atoms with E-state index < -0.39 is 39.3 Å². The van der Waals surface area contributed by atoms with Gasteiger partial charge in [0.05, 0.1) is 0 Å². The van der Waals surface area contributed by atoms with E-state index >= 15 is 0 Å². The van der Waals surface area contributed by atoms with E-state index in [1.165, 1.54) is 6.08 Å². The summed E-state index contributed by atoms with van der Waals surface area (Å²) in [4.78, 5) is 13.3. The van der Waals surface area contributed by atoms with Crippen molar-refractivity contribution in [3.63, 3.8) is 0 Å². The summed E-state index contributed by atoms with van der Waals surface area (Å²) in [6, 6.07) is 0.809. The van der Waals surface area contributed by atoms with Crippen LogP contribution in [-0.4, -0.2) is 41.9 Å². The highest BCUT2D eigenvalue weighted by molar-refractivity contribution is 7.89. The normalized spacial score (nSPS) is 12.4. The first-order valence-electron chi connectivity index (χ1n) is 5.87. The van der Waals surface area contributed by atoms with Gasteiger partial charge in [0.1, 0.15) is 17.1 Å². The van der Waals surface area contributed by atoms with Gasteiger partial charge in [-0.2, -0.15) is 17.5 Å². The zero-order valence-corrected chi connectivity index (χ0v) is 12.3. The molecule has 0 aliphatic heterocycles. The smallest absolute Gasteiger partial charge is 0.433 e. The third-order valence-electron chi connectivity index (χ3n) is 2.60. The molecule has 0 saturated carbocycles. The minimum absolute atomic E-state index is 0.297. The average molecular weight is 338 g/mol. The highest BCUT2D eigenvalue weighted by Crippen LogP contribution is 2.31. The van der Waals surface area contributed by atoms with Crippen LogP contribution >= 0.6 is 0 Å². The number of hydrogen-bond donors (Lipinski definition) is 1. The van der Waals surface area contributed by atoms with E-state index in [4.69, 9.17) is 5.11 Å². The summed E-state index contributed by atoms with van der Waals surface area (Å²) >= 11 is 0. The molecule has 0 aromatic carbocycles. The van der Waals surface area contributed by atoms with Crippen molar-refractivity contribution >= 4 is 16.0 Å². The Labute approximate surface area is 124 Å². The van der Waals surface area contributed by atoms with Gasteiger partial charge in [-0.3, -0.25) is 9.78 Å². The number of hydrogen-bond acceptors (Lipinski definition) is 4. The number of alkyl halides is 3. The summed E-state index contributed by atoms with van der Waals surface area (Å²) in [6.45, 7) is 3.25. The molecule has 122 valence electrons. The molecule has 0 radical (unpaired) electrons. The fourth-order valence-electron chi connectivity index (χ4n) is 1.68. The second kappa shape index (κ2) is 6.44. The Morgan fingerprint density at radius 2 is 2.09 bits per heavy atom. The molecule has 0 spiro atoms. The second-order valence-electron chi connectivity index (χ2n) is 4.31. The van der Waals surface area contributed by atoms with Gasteiger partial charge in [0.15, 0.2) is 0 Å². The van der Waals surface area contributed by atoms with Crippen molar-refractivity contribution in [3.05, 3.63) is 36.2 Å². The fourth-order valence-corrected chi connectivity index (χ4v) is 3.07. The van der Waals surface area contributed by atoms with Crippen LogP contribution in [0.1, 0.15) is 11.3 Å². The molecule has 1 aromatic heterocycles. The number of pyridine rings is 1. The molecular weight excluding hydrogens is 325 g/mol. The van der Waals surface area contributed by atoms with E-state index in [0.717, 1.165) is 13.0 Å². The number of carboxylic acid groups (broad SMARTS) is 1. The van der Waals surface area contributed by atoms with Crippen LogP contribution in [0, 0.1) is 6.92 Å². The molecule has 0 aliphatic carbocycles. The standard InChI is InChI=1S/C12H13F3N2O4S/c1-3-4-17(7-10(18)19)22(20,21)9-5-8(2)11(16-6-9)12(13,14)15/h3,5-6H,1,4,7H2,2H3,(H,18,19). The van der Waals surface area contributed by atoms with Crippen LogP contribution in [0.15, 0.2) is 29.8 Å². The molecule has 0 bridgehead atoms. The fraction of sp³-hybridized carbons (Fsp3) is 0.333. The maximum atomic E-state index is 12.6. The van der Waals surface area contributed by atoms with Crippen LogP contribution in [0.3, 0.4) is 0 Å². The largest absolute Gasteiger partial charge is 0.480 e. The summed E-state index contributed by atoms with van der Waals surface area (Å²) < 4.78 is 62.9. The molecule has 0 aliphatic rings. The zero-order chi connectivity index (χ0) is 17.1. The van der Waals surface area contributed by atoms with E-state index in [0.29, 0.717) is 10.5 Å². The minimum atomic E-state index is -4.70. The highest BCUT2D eigenvalue weighted by atomic mass is 32.2. The lowest BCUT2D eigenvalue weighted by atomic mass is 10.2. The first kappa shape index (κ1) is 18.1. The Bertz CT molecular complexity index is 686. The quantitative estimate of drug-likeness (QED) is 0.797. The topological polar surface area (TPSA) is 87.6 Å². The zero-order valence-electron chi connectivity index (χ0n) is 11.5. The molecule has 0 atom stereocenters. The van der Waals surface area contributed by atoms with Gasteiger partial charge in [-0.15, -0.1) is 6.58 Å². The molecule has 0 unspecified atom stereocenters. The average Bonchev–Trinajstić information content (AvgIpc) is 2.36. The third kappa shape index (κ3) is 4.04. The van der Waals surface area contributed by atoms with E-state index in [9.17, 15) is 26.4 Å². The Hall–Kier alpha value is -1.94. The molecule has 1 rings (SSSR count). The van der Waals surface area contributed by atoms with Gasteiger partial charge in [0, 0.05) is 12.7 Å². The van der Waals surface area contributed by atoms with Crippen molar-refractivity contribution < 1.29 is 31.5 Å². The Balaban J connectivity index is 3.30. The molecule has 10 heteroatoms. The molecule has 1 aromatic rings. The number of aromatic nitrogens is 1. The number of aliphatic carboxylic acids is 1. The molecule has 22 heavy (non-hydrogen) atoms. The summed E-state index contributed by atoms with van der Waals surface area (Å²) in [5.74, 6) is -1.40. The predicted octanol–water partition coefficient (Wildman–Crippen LogP) is 1.67. The van der Waals surface area contributed by atoms with Crippen molar-refractivity contribution in [2.75, 3.05) is 13.1 Å². The first-order chi connectivity index (χ1) is 10.00. The van der Waals surface area contributed by atoms with Crippen LogP contribution in [0.25, 0.3) is 0 Å². The van der Waals surface area contributed by atoms with Gasteiger partial charge in [-0.25, -0.2) is 8.42 Å². The molecule has 1 N–H and O–H groups in total. The van der Waals surface area contributed by atoms with Gasteiger partial charge in [0.2, 0.25) is 10.0 Å². The second-order valence-corrected chi connectivity index (χ2v) is 6.25. The monoisotopic (exact) mass is 338 g/mol. The van der Waals surface area contributed by atoms with Gasteiger partial charge < -0.3 is 5.11 Å². The van der Waals surface area contributed by atoms with Gasteiger partial charge >= 0.3 is 12.1 Å².